The van der Waals surface area contributed by atoms with Crippen molar-refractivity contribution in [2.24, 2.45) is 5.92 Å². The van der Waals surface area contributed by atoms with Crippen LogP contribution in [0.5, 0.6) is 0 Å². The highest BCUT2D eigenvalue weighted by atomic mass is 32.2. The second-order valence-corrected chi connectivity index (χ2v) is 5.66. The number of carbonyl (C=O) groups excluding carboxylic acids is 1. The van der Waals surface area contributed by atoms with Gasteiger partial charge in [0.15, 0.2) is 0 Å². The minimum absolute atomic E-state index is 0.0966. The van der Waals surface area contributed by atoms with Crippen LogP contribution in [-0.2, 0) is 4.79 Å². The predicted octanol–water partition coefficient (Wildman–Crippen LogP) is 2.05. The smallest absolute Gasteiger partial charge is 0.236 e. The van der Waals surface area contributed by atoms with E-state index in [0.29, 0.717) is 5.92 Å². The van der Waals surface area contributed by atoms with Gasteiger partial charge in [-0.3, -0.25) is 4.79 Å². The molecule has 100 valence electrons. The summed E-state index contributed by atoms with van der Waals surface area (Å²) in [4.78, 5) is 11.6. The van der Waals surface area contributed by atoms with Crippen LogP contribution < -0.4 is 10.6 Å². The van der Waals surface area contributed by atoms with Gasteiger partial charge in [-0.15, -0.1) is 6.58 Å². The lowest BCUT2D eigenvalue weighted by Gasteiger charge is -2.14. The normalized spacial score (nSPS) is 12.5. The van der Waals surface area contributed by atoms with Crippen molar-refractivity contribution in [1.29, 1.82) is 0 Å². The first-order valence-electron chi connectivity index (χ1n) is 6.27. The lowest BCUT2D eigenvalue weighted by atomic mass is 10.1. The van der Waals surface area contributed by atoms with Crippen molar-refractivity contribution in [1.82, 2.24) is 10.6 Å². The fourth-order valence-electron chi connectivity index (χ4n) is 1.24. The number of thioether (sulfide) groups is 1. The van der Waals surface area contributed by atoms with Gasteiger partial charge in [0.1, 0.15) is 0 Å². The van der Waals surface area contributed by atoms with Crippen LogP contribution in [0, 0.1) is 5.92 Å². The third kappa shape index (κ3) is 10.4. The molecule has 0 heterocycles. The Kier molecular flexibility index (Phi) is 10.4. The van der Waals surface area contributed by atoms with E-state index in [9.17, 15) is 4.79 Å². The zero-order valence-corrected chi connectivity index (χ0v) is 12.1. The molecule has 0 saturated heterocycles. The summed E-state index contributed by atoms with van der Waals surface area (Å²) in [5.74, 6) is 2.71. The van der Waals surface area contributed by atoms with Crippen molar-refractivity contribution in [2.75, 3.05) is 24.6 Å². The molecule has 0 aliphatic carbocycles. The van der Waals surface area contributed by atoms with Gasteiger partial charge in [-0.25, -0.2) is 0 Å². The third-order valence-corrected chi connectivity index (χ3v) is 3.31. The van der Waals surface area contributed by atoms with Crippen LogP contribution >= 0.6 is 11.8 Å². The van der Waals surface area contributed by atoms with E-state index in [0.717, 1.165) is 31.0 Å². The van der Waals surface area contributed by atoms with Gasteiger partial charge >= 0.3 is 0 Å². The van der Waals surface area contributed by atoms with Crippen molar-refractivity contribution in [2.45, 2.75) is 33.2 Å². The van der Waals surface area contributed by atoms with Crippen molar-refractivity contribution in [3.05, 3.63) is 12.7 Å². The Morgan fingerprint density at radius 3 is 2.65 bits per heavy atom. The Morgan fingerprint density at radius 1 is 1.35 bits per heavy atom. The minimum Gasteiger partial charge on any atom is -0.355 e. The molecule has 0 aromatic rings. The van der Waals surface area contributed by atoms with E-state index in [-0.39, 0.29) is 11.9 Å². The van der Waals surface area contributed by atoms with Crippen molar-refractivity contribution >= 4 is 17.7 Å². The number of hydrogen-bond acceptors (Lipinski definition) is 3. The van der Waals surface area contributed by atoms with Crippen molar-refractivity contribution in [3.8, 4) is 0 Å². The molecule has 3 nitrogen and oxygen atoms in total. The Balaban J connectivity index is 3.50. The van der Waals surface area contributed by atoms with E-state index in [2.05, 4.69) is 31.1 Å². The SMILES string of the molecule is C=CCSCCNC(C)C(=O)NCCC(C)C. The molecule has 0 rings (SSSR count). The summed E-state index contributed by atoms with van der Waals surface area (Å²) in [6, 6.07) is -0.105. The van der Waals surface area contributed by atoms with Crippen LogP contribution in [0.3, 0.4) is 0 Å². The first-order chi connectivity index (χ1) is 8.07. The maximum absolute atomic E-state index is 11.6. The molecule has 0 aromatic carbocycles. The van der Waals surface area contributed by atoms with Gasteiger partial charge in [-0.1, -0.05) is 19.9 Å². The molecule has 0 bridgehead atoms. The fraction of sp³-hybridized carbons (Fsp3) is 0.769. The van der Waals surface area contributed by atoms with Gasteiger partial charge in [-0.2, -0.15) is 11.8 Å². The van der Waals surface area contributed by atoms with Gasteiger partial charge in [0.05, 0.1) is 6.04 Å². The molecular formula is C13H26N2OS. The van der Waals surface area contributed by atoms with E-state index in [1.165, 1.54) is 0 Å². The maximum Gasteiger partial charge on any atom is 0.236 e. The molecular weight excluding hydrogens is 232 g/mol. The molecule has 0 fully saturated rings. The first kappa shape index (κ1) is 16.5. The highest BCUT2D eigenvalue weighted by Gasteiger charge is 2.10. The molecule has 0 aliphatic heterocycles. The number of amides is 1. The molecule has 0 aromatic heterocycles. The average Bonchev–Trinajstić information content (AvgIpc) is 2.27. The van der Waals surface area contributed by atoms with Gasteiger partial charge in [0, 0.05) is 24.6 Å². The van der Waals surface area contributed by atoms with Crippen LogP contribution in [0.2, 0.25) is 0 Å². The average molecular weight is 258 g/mol. The molecule has 0 spiro atoms. The third-order valence-electron chi connectivity index (χ3n) is 2.35. The Bertz CT molecular complexity index is 219. The topological polar surface area (TPSA) is 41.1 Å². The lowest BCUT2D eigenvalue weighted by Crippen LogP contribution is -2.43. The summed E-state index contributed by atoms with van der Waals surface area (Å²) in [6.45, 7) is 11.5. The Morgan fingerprint density at radius 2 is 2.06 bits per heavy atom. The van der Waals surface area contributed by atoms with Crippen LogP contribution in [-0.4, -0.2) is 36.5 Å². The van der Waals surface area contributed by atoms with Gasteiger partial charge in [0.25, 0.3) is 0 Å². The molecule has 1 unspecified atom stereocenters. The van der Waals surface area contributed by atoms with Gasteiger partial charge < -0.3 is 10.6 Å². The summed E-state index contributed by atoms with van der Waals surface area (Å²) in [5, 5.41) is 6.15. The maximum atomic E-state index is 11.6. The highest BCUT2D eigenvalue weighted by molar-refractivity contribution is 7.99. The van der Waals surface area contributed by atoms with Crippen LogP contribution in [0.15, 0.2) is 12.7 Å². The Hall–Kier alpha value is -0.480. The second-order valence-electron chi connectivity index (χ2n) is 4.51. The zero-order valence-electron chi connectivity index (χ0n) is 11.3. The number of nitrogens with one attached hydrogen (secondary N) is 2. The molecule has 0 radical (unpaired) electrons. The zero-order chi connectivity index (χ0) is 13.1. The summed E-state index contributed by atoms with van der Waals surface area (Å²) < 4.78 is 0. The summed E-state index contributed by atoms with van der Waals surface area (Å²) in [7, 11) is 0. The molecule has 17 heavy (non-hydrogen) atoms. The quantitative estimate of drug-likeness (QED) is 0.465. The molecule has 2 N–H and O–H groups in total. The van der Waals surface area contributed by atoms with Gasteiger partial charge in [0.2, 0.25) is 5.91 Å². The lowest BCUT2D eigenvalue weighted by molar-refractivity contribution is -0.122. The molecule has 1 amide bonds. The van der Waals surface area contributed by atoms with Crippen molar-refractivity contribution in [3.63, 3.8) is 0 Å². The molecule has 4 heteroatoms. The summed E-state index contributed by atoms with van der Waals surface area (Å²) in [6.07, 6.45) is 2.93. The minimum atomic E-state index is -0.105. The standard InChI is InChI=1S/C13H26N2OS/c1-5-9-17-10-8-14-12(4)13(16)15-7-6-11(2)3/h5,11-12,14H,1,6-10H2,2-4H3,(H,15,16). The summed E-state index contributed by atoms with van der Waals surface area (Å²) in [5.41, 5.74) is 0. The van der Waals surface area contributed by atoms with E-state index >= 15 is 0 Å². The monoisotopic (exact) mass is 258 g/mol. The van der Waals surface area contributed by atoms with Crippen LogP contribution in [0.25, 0.3) is 0 Å². The number of rotatable bonds is 10. The first-order valence-corrected chi connectivity index (χ1v) is 7.43. The largest absolute Gasteiger partial charge is 0.355 e. The molecule has 1 atom stereocenters. The highest BCUT2D eigenvalue weighted by Crippen LogP contribution is 1.98. The van der Waals surface area contributed by atoms with E-state index in [1.807, 2.05) is 24.8 Å². The van der Waals surface area contributed by atoms with Crippen LogP contribution in [0.4, 0.5) is 0 Å². The van der Waals surface area contributed by atoms with Crippen molar-refractivity contribution < 1.29 is 4.79 Å². The van der Waals surface area contributed by atoms with Gasteiger partial charge in [-0.05, 0) is 19.3 Å². The fourth-order valence-corrected chi connectivity index (χ4v) is 1.84. The predicted molar refractivity (Wildman–Crippen MR) is 77.5 cm³/mol. The number of hydrogen-bond donors (Lipinski definition) is 2. The van der Waals surface area contributed by atoms with Crippen LogP contribution in [0.1, 0.15) is 27.2 Å². The second kappa shape index (κ2) is 10.7. The number of carbonyl (C=O) groups is 1. The summed E-state index contributed by atoms with van der Waals surface area (Å²) >= 11 is 1.82. The Labute approximate surface area is 110 Å². The van der Waals surface area contributed by atoms with E-state index in [4.69, 9.17) is 0 Å². The van der Waals surface area contributed by atoms with E-state index in [1.54, 1.807) is 0 Å². The van der Waals surface area contributed by atoms with E-state index < -0.39 is 0 Å². The molecule has 0 aliphatic rings. The molecule has 0 saturated carbocycles.